The van der Waals surface area contributed by atoms with E-state index in [-0.39, 0.29) is 11.5 Å². The van der Waals surface area contributed by atoms with Crippen LogP contribution in [0, 0.1) is 0 Å². The third kappa shape index (κ3) is 4.27. The standard InChI is InChI=1S/C15H15NO6S/c1-2-10-3-5-11(6-4-10)12(17)9-21-15(18)13-7-8-14(22-13)23(16,19)20/h3-8H,2,9H2,1H3,(H2,16,19,20). The van der Waals surface area contributed by atoms with E-state index in [1.165, 1.54) is 0 Å². The van der Waals surface area contributed by atoms with Gasteiger partial charge in [-0.3, -0.25) is 4.79 Å². The minimum Gasteiger partial charge on any atom is -0.451 e. The van der Waals surface area contributed by atoms with Gasteiger partial charge < -0.3 is 9.15 Å². The molecule has 0 aliphatic carbocycles. The van der Waals surface area contributed by atoms with Gasteiger partial charge in [-0.2, -0.15) is 0 Å². The predicted molar refractivity (Wildman–Crippen MR) is 80.5 cm³/mol. The fourth-order valence-corrected chi connectivity index (χ4v) is 2.26. The van der Waals surface area contributed by atoms with Gasteiger partial charge in [0.1, 0.15) is 0 Å². The highest BCUT2D eigenvalue weighted by molar-refractivity contribution is 7.89. The zero-order valence-electron chi connectivity index (χ0n) is 12.3. The maximum Gasteiger partial charge on any atom is 0.374 e. The van der Waals surface area contributed by atoms with Crippen LogP contribution in [0.4, 0.5) is 0 Å². The topological polar surface area (TPSA) is 117 Å². The van der Waals surface area contributed by atoms with Crippen molar-refractivity contribution in [2.75, 3.05) is 6.61 Å². The number of carbonyl (C=O) groups is 2. The molecule has 0 spiro atoms. The van der Waals surface area contributed by atoms with E-state index in [2.05, 4.69) is 0 Å². The second kappa shape index (κ2) is 6.76. The fourth-order valence-electron chi connectivity index (χ4n) is 1.79. The average Bonchev–Trinajstić information content (AvgIpc) is 3.02. The lowest BCUT2D eigenvalue weighted by Gasteiger charge is -2.03. The number of hydrogen-bond donors (Lipinski definition) is 1. The molecule has 0 fully saturated rings. The van der Waals surface area contributed by atoms with Crippen molar-refractivity contribution >= 4 is 21.8 Å². The zero-order valence-corrected chi connectivity index (χ0v) is 13.1. The van der Waals surface area contributed by atoms with Crippen molar-refractivity contribution in [3.05, 3.63) is 53.3 Å². The summed E-state index contributed by atoms with van der Waals surface area (Å²) in [5.41, 5.74) is 1.50. The van der Waals surface area contributed by atoms with Gasteiger partial charge in [0.05, 0.1) is 0 Å². The molecule has 0 atom stereocenters. The van der Waals surface area contributed by atoms with E-state index in [1.807, 2.05) is 19.1 Å². The lowest BCUT2D eigenvalue weighted by Crippen LogP contribution is -2.14. The molecule has 2 rings (SSSR count). The Morgan fingerprint density at radius 2 is 1.78 bits per heavy atom. The number of ether oxygens (including phenoxy) is 1. The van der Waals surface area contributed by atoms with Crippen molar-refractivity contribution < 1.29 is 27.2 Å². The number of Topliss-reactive ketones (excluding diaryl/α,β-unsaturated/α-hetero) is 1. The lowest BCUT2D eigenvalue weighted by molar-refractivity contribution is 0.0439. The largest absolute Gasteiger partial charge is 0.451 e. The van der Waals surface area contributed by atoms with Gasteiger partial charge in [0.2, 0.25) is 10.9 Å². The van der Waals surface area contributed by atoms with E-state index in [0.717, 1.165) is 24.1 Å². The Labute approximate surface area is 133 Å². The number of aryl methyl sites for hydroxylation is 1. The SMILES string of the molecule is CCc1ccc(C(=O)COC(=O)c2ccc(S(N)(=O)=O)o2)cc1. The van der Waals surface area contributed by atoms with Gasteiger partial charge in [0, 0.05) is 5.56 Å². The van der Waals surface area contributed by atoms with Gasteiger partial charge in [0.15, 0.2) is 12.4 Å². The monoisotopic (exact) mass is 337 g/mol. The highest BCUT2D eigenvalue weighted by atomic mass is 32.2. The third-order valence-corrected chi connectivity index (χ3v) is 3.86. The number of hydrogen-bond acceptors (Lipinski definition) is 6. The van der Waals surface area contributed by atoms with Crippen molar-refractivity contribution in [1.29, 1.82) is 0 Å². The number of ketones is 1. The quantitative estimate of drug-likeness (QED) is 0.631. The zero-order chi connectivity index (χ0) is 17.0. The van der Waals surface area contributed by atoms with Gasteiger partial charge in [0.25, 0.3) is 10.0 Å². The smallest absolute Gasteiger partial charge is 0.374 e. The first-order valence-corrected chi connectivity index (χ1v) is 8.28. The first-order chi connectivity index (χ1) is 10.8. The minimum absolute atomic E-state index is 0.344. The van der Waals surface area contributed by atoms with E-state index in [9.17, 15) is 18.0 Å². The van der Waals surface area contributed by atoms with E-state index in [1.54, 1.807) is 12.1 Å². The number of rotatable bonds is 6. The van der Waals surface area contributed by atoms with Crippen molar-refractivity contribution in [3.63, 3.8) is 0 Å². The number of furan rings is 1. The predicted octanol–water partition coefficient (Wildman–Crippen LogP) is 1.53. The molecule has 7 nitrogen and oxygen atoms in total. The Hall–Kier alpha value is -2.45. The molecule has 0 aliphatic heterocycles. The van der Waals surface area contributed by atoms with Gasteiger partial charge in [-0.25, -0.2) is 18.4 Å². The van der Waals surface area contributed by atoms with Crippen LogP contribution >= 0.6 is 0 Å². The first-order valence-electron chi connectivity index (χ1n) is 6.73. The molecule has 8 heteroatoms. The van der Waals surface area contributed by atoms with E-state index >= 15 is 0 Å². The molecular formula is C15H15NO6S. The summed E-state index contributed by atoms with van der Waals surface area (Å²) in [7, 11) is -4.04. The third-order valence-electron chi connectivity index (χ3n) is 3.08. The van der Waals surface area contributed by atoms with Crippen molar-refractivity contribution in [2.45, 2.75) is 18.4 Å². The molecule has 0 saturated heterocycles. The number of carbonyl (C=O) groups excluding carboxylic acids is 2. The number of benzene rings is 1. The molecular weight excluding hydrogens is 322 g/mol. The summed E-state index contributed by atoms with van der Waals surface area (Å²) in [6.07, 6.45) is 0.855. The van der Waals surface area contributed by atoms with Crippen LogP contribution in [0.25, 0.3) is 0 Å². The second-order valence-corrected chi connectivity index (χ2v) is 6.21. The van der Waals surface area contributed by atoms with Crippen LogP contribution in [0.5, 0.6) is 0 Å². The van der Waals surface area contributed by atoms with Gasteiger partial charge in [-0.05, 0) is 24.1 Å². The molecule has 1 aromatic carbocycles. The van der Waals surface area contributed by atoms with Crippen LogP contribution in [0.15, 0.2) is 45.9 Å². The number of primary sulfonamides is 1. The normalized spacial score (nSPS) is 11.2. The molecule has 0 amide bonds. The Morgan fingerprint density at radius 3 is 2.30 bits per heavy atom. The Morgan fingerprint density at radius 1 is 1.13 bits per heavy atom. The van der Waals surface area contributed by atoms with E-state index in [0.29, 0.717) is 5.56 Å². The Bertz CT molecular complexity index is 820. The molecule has 23 heavy (non-hydrogen) atoms. The van der Waals surface area contributed by atoms with Crippen LogP contribution in [0.3, 0.4) is 0 Å². The Balaban J connectivity index is 1.98. The molecule has 0 bridgehead atoms. The minimum atomic E-state index is -4.04. The molecule has 2 aromatic rings. The molecule has 0 aliphatic rings. The van der Waals surface area contributed by atoms with Crippen molar-refractivity contribution in [1.82, 2.24) is 0 Å². The van der Waals surface area contributed by atoms with E-state index in [4.69, 9.17) is 14.3 Å². The molecule has 0 unspecified atom stereocenters. The number of sulfonamides is 1. The first kappa shape index (κ1) is 16.9. The summed E-state index contributed by atoms with van der Waals surface area (Å²) in [5, 5.41) is 4.31. The summed E-state index contributed by atoms with van der Waals surface area (Å²) < 4.78 is 31.7. The van der Waals surface area contributed by atoms with Crippen molar-refractivity contribution in [3.8, 4) is 0 Å². The van der Waals surface area contributed by atoms with Gasteiger partial charge in [-0.1, -0.05) is 31.2 Å². The lowest BCUT2D eigenvalue weighted by atomic mass is 10.1. The summed E-state index contributed by atoms with van der Waals surface area (Å²) in [6.45, 7) is 1.52. The highest BCUT2D eigenvalue weighted by Crippen LogP contribution is 2.13. The molecule has 2 N–H and O–H groups in total. The maximum atomic E-state index is 11.9. The highest BCUT2D eigenvalue weighted by Gasteiger charge is 2.19. The molecule has 0 saturated carbocycles. The number of nitrogens with two attached hydrogens (primary N) is 1. The van der Waals surface area contributed by atoms with Crippen LogP contribution in [0.1, 0.15) is 33.4 Å². The van der Waals surface area contributed by atoms with Crippen LogP contribution in [-0.2, 0) is 21.2 Å². The molecule has 1 aromatic heterocycles. The van der Waals surface area contributed by atoms with Crippen molar-refractivity contribution in [2.24, 2.45) is 5.14 Å². The maximum absolute atomic E-state index is 11.9. The molecule has 0 radical (unpaired) electrons. The van der Waals surface area contributed by atoms with E-state index < -0.39 is 27.7 Å². The summed E-state index contributed by atoms with van der Waals surface area (Å²) in [6, 6.07) is 9.10. The van der Waals surface area contributed by atoms with Crippen LogP contribution < -0.4 is 5.14 Å². The molecule has 1 heterocycles. The second-order valence-electron chi connectivity index (χ2n) is 4.71. The summed E-state index contributed by atoms with van der Waals surface area (Å²) >= 11 is 0. The summed E-state index contributed by atoms with van der Waals surface area (Å²) in [4.78, 5) is 23.6. The fraction of sp³-hybridized carbons (Fsp3) is 0.200. The van der Waals surface area contributed by atoms with Gasteiger partial charge in [-0.15, -0.1) is 0 Å². The van der Waals surface area contributed by atoms with Crippen LogP contribution in [-0.4, -0.2) is 26.8 Å². The van der Waals surface area contributed by atoms with Crippen LogP contribution in [0.2, 0.25) is 0 Å². The summed E-state index contributed by atoms with van der Waals surface area (Å²) in [5.74, 6) is -1.67. The number of esters is 1. The molecule has 122 valence electrons. The van der Waals surface area contributed by atoms with Gasteiger partial charge >= 0.3 is 5.97 Å². The average molecular weight is 337 g/mol. The Kier molecular flexibility index (Phi) is 4.97.